The van der Waals surface area contributed by atoms with Crippen LogP contribution in [0.15, 0.2) is 12.3 Å². The van der Waals surface area contributed by atoms with Gasteiger partial charge in [0.1, 0.15) is 5.82 Å². The number of nitrogens with one attached hydrogen (secondary N) is 1. The van der Waals surface area contributed by atoms with Gasteiger partial charge in [-0.25, -0.2) is 4.98 Å². The van der Waals surface area contributed by atoms with Crippen molar-refractivity contribution in [3.05, 3.63) is 22.8 Å². The van der Waals surface area contributed by atoms with E-state index in [0.717, 1.165) is 25.9 Å². The molecule has 1 aliphatic heterocycles. The second-order valence-electron chi connectivity index (χ2n) is 5.53. The molecule has 0 spiro atoms. The van der Waals surface area contributed by atoms with E-state index < -0.39 is 0 Å². The SMILES string of the molecule is CCNc1cc(C(=O)N2CCCC2C(C)C)c(Cl)cn1. The number of aromatic nitrogens is 1. The summed E-state index contributed by atoms with van der Waals surface area (Å²) in [5.41, 5.74) is 0.546. The zero-order chi connectivity index (χ0) is 14.7. The second-order valence-corrected chi connectivity index (χ2v) is 5.94. The summed E-state index contributed by atoms with van der Waals surface area (Å²) in [6, 6.07) is 2.07. The Bertz CT molecular complexity index is 490. The topological polar surface area (TPSA) is 45.2 Å². The van der Waals surface area contributed by atoms with Crippen LogP contribution in [0.3, 0.4) is 0 Å². The Hall–Kier alpha value is -1.29. The van der Waals surface area contributed by atoms with Crippen LogP contribution in [0.5, 0.6) is 0 Å². The van der Waals surface area contributed by atoms with E-state index in [1.165, 1.54) is 0 Å². The fraction of sp³-hybridized carbons (Fsp3) is 0.600. The Morgan fingerprint density at radius 3 is 3.00 bits per heavy atom. The molecule has 1 atom stereocenters. The highest BCUT2D eigenvalue weighted by atomic mass is 35.5. The van der Waals surface area contributed by atoms with Crippen molar-refractivity contribution in [2.45, 2.75) is 39.7 Å². The van der Waals surface area contributed by atoms with Gasteiger partial charge in [0, 0.05) is 25.3 Å². The van der Waals surface area contributed by atoms with Crippen molar-refractivity contribution in [2.75, 3.05) is 18.4 Å². The third-order valence-electron chi connectivity index (χ3n) is 3.77. The van der Waals surface area contributed by atoms with Crippen LogP contribution in [-0.4, -0.2) is 34.9 Å². The van der Waals surface area contributed by atoms with Crippen molar-refractivity contribution in [3.8, 4) is 0 Å². The normalized spacial score (nSPS) is 18.6. The van der Waals surface area contributed by atoms with Crippen LogP contribution in [0.25, 0.3) is 0 Å². The highest BCUT2D eigenvalue weighted by molar-refractivity contribution is 6.33. The van der Waals surface area contributed by atoms with Crippen LogP contribution < -0.4 is 5.32 Å². The summed E-state index contributed by atoms with van der Waals surface area (Å²) in [7, 11) is 0. The number of pyridine rings is 1. The van der Waals surface area contributed by atoms with E-state index in [1.54, 1.807) is 12.3 Å². The first kappa shape index (κ1) is 15.1. The van der Waals surface area contributed by atoms with E-state index >= 15 is 0 Å². The molecule has 2 rings (SSSR count). The first-order chi connectivity index (χ1) is 9.54. The van der Waals surface area contributed by atoms with Crippen LogP contribution in [-0.2, 0) is 0 Å². The minimum Gasteiger partial charge on any atom is -0.370 e. The maximum Gasteiger partial charge on any atom is 0.255 e. The largest absolute Gasteiger partial charge is 0.370 e. The third-order valence-corrected chi connectivity index (χ3v) is 4.07. The molecule has 1 saturated heterocycles. The molecule has 1 fully saturated rings. The van der Waals surface area contributed by atoms with Gasteiger partial charge in [-0.15, -0.1) is 0 Å². The molecule has 110 valence electrons. The van der Waals surface area contributed by atoms with Gasteiger partial charge >= 0.3 is 0 Å². The smallest absolute Gasteiger partial charge is 0.255 e. The molecule has 0 radical (unpaired) electrons. The van der Waals surface area contributed by atoms with Crippen LogP contribution in [0.1, 0.15) is 44.0 Å². The van der Waals surface area contributed by atoms with Gasteiger partial charge in [0.25, 0.3) is 5.91 Å². The van der Waals surface area contributed by atoms with Gasteiger partial charge in [0.05, 0.1) is 10.6 Å². The molecule has 1 aliphatic rings. The molecule has 1 N–H and O–H groups in total. The summed E-state index contributed by atoms with van der Waals surface area (Å²) in [6.07, 6.45) is 3.69. The molecule has 0 aromatic carbocycles. The van der Waals surface area contributed by atoms with Gasteiger partial charge in [0.2, 0.25) is 0 Å². The molecule has 0 bridgehead atoms. The molecular weight excluding hydrogens is 274 g/mol. The van der Waals surface area contributed by atoms with Crippen LogP contribution in [0.2, 0.25) is 5.02 Å². The fourth-order valence-corrected chi connectivity index (χ4v) is 2.96. The summed E-state index contributed by atoms with van der Waals surface area (Å²) in [4.78, 5) is 18.9. The zero-order valence-electron chi connectivity index (χ0n) is 12.3. The summed E-state index contributed by atoms with van der Waals surface area (Å²) >= 11 is 6.16. The van der Waals surface area contributed by atoms with Crippen LogP contribution in [0.4, 0.5) is 5.82 Å². The van der Waals surface area contributed by atoms with Crippen molar-refractivity contribution in [1.29, 1.82) is 0 Å². The molecule has 1 amide bonds. The van der Waals surface area contributed by atoms with Gasteiger partial charge < -0.3 is 10.2 Å². The van der Waals surface area contributed by atoms with Crippen LogP contribution in [0, 0.1) is 5.92 Å². The number of carbonyl (C=O) groups is 1. The van der Waals surface area contributed by atoms with Crippen LogP contribution >= 0.6 is 11.6 Å². The first-order valence-corrected chi connectivity index (χ1v) is 7.62. The Labute approximate surface area is 125 Å². The van der Waals surface area contributed by atoms with Gasteiger partial charge in [-0.05, 0) is 31.7 Å². The third kappa shape index (κ3) is 3.06. The predicted molar refractivity (Wildman–Crippen MR) is 82.3 cm³/mol. The molecular formula is C15H22ClN3O. The number of hydrogen-bond acceptors (Lipinski definition) is 3. The van der Waals surface area contributed by atoms with Crippen molar-refractivity contribution in [1.82, 2.24) is 9.88 Å². The molecule has 0 saturated carbocycles. The number of halogens is 1. The standard InChI is InChI=1S/C15H22ClN3O/c1-4-17-14-8-11(12(16)9-18-14)15(20)19-7-5-6-13(19)10(2)3/h8-10,13H,4-7H2,1-3H3,(H,17,18). The van der Waals surface area contributed by atoms with Crippen molar-refractivity contribution in [3.63, 3.8) is 0 Å². The zero-order valence-corrected chi connectivity index (χ0v) is 13.1. The number of nitrogens with zero attached hydrogens (tertiary/aromatic N) is 2. The molecule has 1 aromatic heterocycles. The van der Waals surface area contributed by atoms with E-state index in [4.69, 9.17) is 11.6 Å². The number of anilines is 1. The lowest BCUT2D eigenvalue weighted by atomic mass is 10.0. The highest BCUT2D eigenvalue weighted by Gasteiger charge is 2.32. The number of hydrogen-bond donors (Lipinski definition) is 1. The lowest BCUT2D eigenvalue weighted by molar-refractivity contribution is 0.0701. The van der Waals surface area contributed by atoms with Crippen molar-refractivity contribution in [2.24, 2.45) is 5.92 Å². The lowest BCUT2D eigenvalue weighted by Gasteiger charge is -2.28. The summed E-state index contributed by atoms with van der Waals surface area (Å²) in [6.45, 7) is 7.90. The molecule has 0 aliphatic carbocycles. The molecule has 1 aromatic rings. The molecule has 20 heavy (non-hydrogen) atoms. The number of rotatable bonds is 4. The summed E-state index contributed by atoms with van der Waals surface area (Å²) in [5.74, 6) is 1.18. The Kier molecular flexibility index (Phi) is 4.86. The molecule has 5 heteroatoms. The minimum atomic E-state index is 0.0211. The van der Waals surface area contributed by atoms with E-state index in [1.807, 2.05) is 11.8 Å². The Balaban J connectivity index is 2.26. The fourth-order valence-electron chi connectivity index (χ4n) is 2.77. The lowest BCUT2D eigenvalue weighted by Crippen LogP contribution is -2.38. The Morgan fingerprint density at radius 2 is 2.35 bits per heavy atom. The quantitative estimate of drug-likeness (QED) is 0.925. The average molecular weight is 296 g/mol. The molecule has 2 heterocycles. The van der Waals surface area contributed by atoms with Gasteiger partial charge in [-0.2, -0.15) is 0 Å². The van der Waals surface area contributed by atoms with Gasteiger partial charge in [-0.1, -0.05) is 25.4 Å². The predicted octanol–water partition coefficient (Wildman–Crippen LogP) is 3.43. The van der Waals surface area contributed by atoms with E-state index in [0.29, 0.717) is 28.4 Å². The number of likely N-dealkylation sites (tertiary alicyclic amines) is 1. The average Bonchev–Trinajstić information content (AvgIpc) is 2.90. The minimum absolute atomic E-state index is 0.0211. The van der Waals surface area contributed by atoms with Gasteiger partial charge in [0.15, 0.2) is 0 Å². The van der Waals surface area contributed by atoms with Crippen molar-refractivity contribution >= 4 is 23.3 Å². The highest BCUT2D eigenvalue weighted by Crippen LogP contribution is 2.28. The number of carbonyl (C=O) groups excluding carboxylic acids is 1. The van der Waals surface area contributed by atoms with E-state index in [9.17, 15) is 4.79 Å². The van der Waals surface area contributed by atoms with E-state index in [2.05, 4.69) is 24.1 Å². The van der Waals surface area contributed by atoms with E-state index in [-0.39, 0.29) is 5.91 Å². The number of amides is 1. The second kappa shape index (κ2) is 6.44. The summed E-state index contributed by atoms with van der Waals surface area (Å²) < 4.78 is 0. The molecule has 1 unspecified atom stereocenters. The molecule has 4 nitrogen and oxygen atoms in total. The van der Waals surface area contributed by atoms with Crippen molar-refractivity contribution < 1.29 is 4.79 Å². The Morgan fingerprint density at radius 1 is 1.60 bits per heavy atom. The van der Waals surface area contributed by atoms with Gasteiger partial charge in [-0.3, -0.25) is 4.79 Å². The maximum absolute atomic E-state index is 12.7. The summed E-state index contributed by atoms with van der Waals surface area (Å²) in [5, 5.41) is 3.54. The maximum atomic E-state index is 12.7. The first-order valence-electron chi connectivity index (χ1n) is 7.25. The monoisotopic (exact) mass is 295 g/mol.